The summed E-state index contributed by atoms with van der Waals surface area (Å²) in [6.45, 7) is 5.22. The summed E-state index contributed by atoms with van der Waals surface area (Å²) in [5.74, 6) is 0.241. The van der Waals surface area contributed by atoms with E-state index in [0.29, 0.717) is 19.0 Å². The average Bonchev–Trinajstić information content (AvgIpc) is 2.56. The molecule has 0 aliphatic rings. The third-order valence-corrected chi connectivity index (χ3v) is 4.02. The first kappa shape index (κ1) is 19.1. The Morgan fingerprint density at radius 1 is 1.08 bits per heavy atom. The van der Waals surface area contributed by atoms with E-state index in [1.807, 2.05) is 30.1 Å². The van der Waals surface area contributed by atoms with Crippen LogP contribution in [0.2, 0.25) is 0 Å². The lowest BCUT2D eigenvalue weighted by Crippen LogP contribution is -2.37. The van der Waals surface area contributed by atoms with Crippen LogP contribution in [0, 0.1) is 11.7 Å². The van der Waals surface area contributed by atoms with Crippen molar-refractivity contribution < 1.29 is 9.18 Å². The van der Waals surface area contributed by atoms with Gasteiger partial charge >= 0.3 is 0 Å². The van der Waals surface area contributed by atoms with Gasteiger partial charge in [0, 0.05) is 6.54 Å². The van der Waals surface area contributed by atoms with Gasteiger partial charge in [-0.15, -0.1) is 0 Å². The number of rotatable bonds is 8. The maximum Gasteiger partial charge on any atom is 0.234 e. The summed E-state index contributed by atoms with van der Waals surface area (Å²) < 4.78 is 13.0. The zero-order valence-corrected chi connectivity index (χ0v) is 15.2. The second kappa shape index (κ2) is 9.33. The molecule has 4 heteroatoms. The van der Waals surface area contributed by atoms with E-state index in [1.54, 1.807) is 12.1 Å². The van der Waals surface area contributed by atoms with Gasteiger partial charge in [0.1, 0.15) is 5.82 Å². The molecule has 2 aromatic carbocycles. The van der Waals surface area contributed by atoms with Gasteiger partial charge < -0.3 is 5.32 Å². The Hall–Kier alpha value is -2.20. The summed E-state index contributed by atoms with van der Waals surface area (Å²) >= 11 is 0. The number of carbonyl (C=O) groups excluding carboxylic acids is 1. The Balaban J connectivity index is 1.92. The van der Waals surface area contributed by atoms with Gasteiger partial charge in [0.2, 0.25) is 5.91 Å². The smallest absolute Gasteiger partial charge is 0.234 e. The zero-order valence-electron chi connectivity index (χ0n) is 15.2. The summed E-state index contributed by atoms with van der Waals surface area (Å²) in [4.78, 5) is 14.4. The predicted molar refractivity (Wildman–Crippen MR) is 99.5 cm³/mol. The van der Waals surface area contributed by atoms with Crippen molar-refractivity contribution in [1.82, 2.24) is 10.2 Å². The Kier molecular flexibility index (Phi) is 7.14. The Labute approximate surface area is 149 Å². The molecule has 2 aromatic rings. The average molecular weight is 342 g/mol. The lowest BCUT2D eigenvalue weighted by atomic mass is 9.97. The maximum atomic E-state index is 13.0. The number of halogens is 1. The number of likely N-dealkylation sites (N-methyl/N-ethyl adjacent to an activating group) is 1. The molecule has 25 heavy (non-hydrogen) atoms. The normalized spacial score (nSPS) is 12.4. The van der Waals surface area contributed by atoms with Crippen LogP contribution in [0.25, 0.3) is 0 Å². The fraction of sp³-hybridized carbons (Fsp3) is 0.381. The number of benzene rings is 2. The number of hydrogen-bond donors (Lipinski definition) is 1. The first-order valence-electron chi connectivity index (χ1n) is 8.71. The van der Waals surface area contributed by atoms with Gasteiger partial charge in [0.05, 0.1) is 12.6 Å². The van der Waals surface area contributed by atoms with Crippen LogP contribution in [-0.4, -0.2) is 24.4 Å². The minimum absolute atomic E-state index is 0.000820. The van der Waals surface area contributed by atoms with Crippen molar-refractivity contribution in [1.29, 1.82) is 0 Å². The van der Waals surface area contributed by atoms with Crippen molar-refractivity contribution >= 4 is 5.91 Å². The van der Waals surface area contributed by atoms with E-state index in [-0.39, 0.29) is 17.8 Å². The van der Waals surface area contributed by atoms with Crippen LogP contribution in [0.3, 0.4) is 0 Å². The zero-order chi connectivity index (χ0) is 18.2. The minimum Gasteiger partial charge on any atom is -0.348 e. The van der Waals surface area contributed by atoms with Crippen molar-refractivity contribution in [3.63, 3.8) is 0 Å². The van der Waals surface area contributed by atoms with E-state index in [1.165, 1.54) is 12.1 Å². The molecule has 134 valence electrons. The third-order valence-electron chi connectivity index (χ3n) is 4.02. The van der Waals surface area contributed by atoms with Crippen LogP contribution in [0.1, 0.15) is 37.4 Å². The molecule has 0 spiro atoms. The van der Waals surface area contributed by atoms with Crippen LogP contribution < -0.4 is 5.32 Å². The number of carbonyl (C=O) groups is 1. The van der Waals surface area contributed by atoms with E-state index in [9.17, 15) is 9.18 Å². The van der Waals surface area contributed by atoms with Crippen molar-refractivity contribution in [2.45, 2.75) is 32.9 Å². The van der Waals surface area contributed by atoms with Gasteiger partial charge in [-0.3, -0.25) is 9.69 Å². The number of nitrogens with zero attached hydrogens (tertiary/aromatic N) is 1. The molecule has 0 radical (unpaired) electrons. The van der Waals surface area contributed by atoms with Gasteiger partial charge in [-0.25, -0.2) is 4.39 Å². The van der Waals surface area contributed by atoms with Crippen LogP contribution in [0.4, 0.5) is 4.39 Å². The minimum atomic E-state index is -0.247. The molecule has 0 saturated heterocycles. The van der Waals surface area contributed by atoms with Gasteiger partial charge in [-0.05, 0) is 42.6 Å². The molecular formula is C21H27FN2O. The highest BCUT2D eigenvalue weighted by Gasteiger charge is 2.17. The van der Waals surface area contributed by atoms with Crippen molar-refractivity contribution in [2.24, 2.45) is 5.92 Å². The highest BCUT2D eigenvalue weighted by Crippen LogP contribution is 2.21. The third kappa shape index (κ3) is 6.67. The molecule has 2 rings (SSSR count). The Morgan fingerprint density at radius 3 is 2.32 bits per heavy atom. The van der Waals surface area contributed by atoms with Crippen LogP contribution in [0.5, 0.6) is 0 Å². The number of hydrogen-bond acceptors (Lipinski definition) is 2. The van der Waals surface area contributed by atoms with Crippen LogP contribution >= 0.6 is 0 Å². The molecule has 1 atom stereocenters. The fourth-order valence-electron chi connectivity index (χ4n) is 2.88. The van der Waals surface area contributed by atoms with E-state index in [4.69, 9.17) is 0 Å². The lowest BCUT2D eigenvalue weighted by molar-refractivity contribution is -0.122. The van der Waals surface area contributed by atoms with E-state index < -0.39 is 0 Å². The number of amides is 1. The standard InChI is InChI=1S/C21H27FN2O/c1-16(2)13-20(18-7-5-4-6-8-18)23-21(25)15-24(3)14-17-9-11-19(22)12-10-17/h4-12,16,20H,13-15H2,1-3H3,(H,23,25)/t20-/m0/s1. The molecule has 0 heterocycles. The van der Waals surface area contributed by atoms with Gasteiger partial charge in [0.25, 0.3) is 0 Å². The molecule has 1 N–H and O–H groups in total. The molecule has 0 aliphatic heterocycles. The maximum absolute atomic E-state index is 13.0. The first-order chi connectivity index (χ1) is 11.9. The second-order valence-electron chi connectivity index (χ2n) is 6.96. The summed E-state index contributed by atoms with van der Waals surface area (Å²) in [6.07, 6.45) is 0.900. The first-order valence-corrected chi connectivity index (χ1v) is 8.71. The van der Waals surface area contributed by atoms with Crippen molar-refractivity contribution in [2.75, 3.05) is 13.6 Å². The van der Waals surface area contributed by atoms with Crippen LogP contribution in [0.15, 0.2) is 54.6 Å². The Bertz CT molecular complexity index is 655. The summed E-state index contributed by atoms with van der Waals surface area (Å²) in [5.41, 5.74) is 2.12. The topological polar surface area (TPSA) is 32.3 Å². The summed E-state index contributed by atoms with van der Waals surface area (Å²) in [7, 11) is 1.89. The monoisotopic (exact) mass is 342 g/mol. The molecule has 0 aliphatic carbocycles. The SMILES string of the molecule is CC(C)C[C@H](NC(=O)CN(C)Cc1ccc(F)cc1)c1ccccc1. The highest BCUT2D eigenvalue weighted by molar-refractivity contribution is 5.78. The fourth-order valence-corrected chi connectivity index (χ4v) is 2.88. The molecule has 0 bridgehead atoms. The molecule has 0 aromatic heterocycles. The number of nitrogens with one attached hydrogen (secondary N) is 1. The van der Waals surface area contributed by atoms with Gasteiger partial charge in [0.15, 0.2) is 0 Å². The lowest BCUT2D eigenvalue weighted by Gasteiger charge is -2.23. The molecule has 0 fully saturated rings. The van der Waals surface area contributed by atoms with E-state index in [0.717, 1.165) is 17.5 Å². The summed E-state index contributed by atoms with van der Waals surface area (Å²) in [5, 5.41) is 3.15. The predicted octanol–water partition coefficient (Wildman–Crippen LogP) is 4.16. The largest absolute Gasteiger partial charge is 0.348 e. The molecule has 1 amide bonds. The quantitative estimate of drug-likeness (QED) is 0.781. The van der Waals surface area contributed by atoms with Crippen LogP contribution in [-0.2, 0) is 11.3 Å². The van der Waals surface area contributed by atoms with E-state index in [2.05, 4.69) is 31.3 Å². The second-order valence-corrected chi connectivity index (χ2v) is 6.96. The van der Waals surface area contributed by atoms with E-state index >= 15 is 0 Å². The van der Waals surface area contributed by atoms with Crippen molar-refractivity contribution in [3.8, 4) is 0 Å². The van der Waals surface area contributed by atoms with Crippen molar-refractivity contribution in [3.05, 3.63) is 71.5 Å². The molecule has 0 unspecified atom stereocenters. The molecule has 3 nitrogen and oxygen atoms in total. The molecular weight excluding hydrogens is 315 g/mol. The summed E-state index contributed by atoms with van der Waals surface area (Å²) in [6, 6.07) is 16.5. The molecule has 0 saturated carbocycles. The van der Waals surface area contributed by atoms with Gasteiger partial charge in [-0.1, -0.05) is 56.3 Å². The van der Waals surface area contributed by atoms with Gasteiger partial charge in [-0.2, -0.15) is 0 Å². The highest BCUT2D eigenvalue weighted by atomic mass is 19.1. The Morgan fingerprint density at radius 2 is 1.72 bits per heavy atom.